The van der Waals surface area contributed by atoms with Gasteiger partial charge in [-0.1, -0.05) is 6.92 Å². The first-order valence-electron chi connectivity index (χ1n) is 6.42. The summed E-state index contributed by atoms with van der Waals surface area (Å²) in [4.78, 5) is 22.0. The zero-order valence-electron chi connectivity index (χ0n) is 10.8. The molecule has 0 radical (unpaired) electrons. The Labute approximate surface area is 107 Å². The van der Waals surface area contributed by atoms with Gasteiger partial charge in [-0.15, -0.1) is 0 Å². The van der Waals surface area contributed by atoms with E-state index in [1.807, 2.05) is 6.92 Å². The third-order valence-electron chi connectivity index (χ3n) is 2.96. The SMILES string of the molecule is CC(CCC(=O)O)CNC(=O)NC1CCCOC1. The maximum absolute atomic E-state index is 11.6. The van der Waals surface area contributed by atoms with Gasteiger partial charge in [0.2, 0.25) is 0 Å². The minimum atomic E-state index is -0.800. The highest BCUT2D eigenvalue weighted by atomic mass is 16.5. The molecule has 0 aromatic carbocycles. The van der Waals surface area contributed by atoms with Crippen LogP contribution in [-0.4, -0.2) is 42.9 Å². The number of hydrogen-bond acceptors (Lipinski definition) is 3. The van der Waals surface area contributed by atoms with Gasteiger partial charge in [0.05, 0.1) is 12.6 Å². The number of rotatable bonds is 6. The second-order valence-electron chi connectivity index (χ2n) is 4.81. The van der Waals surface area contributed by atoms with E-state index >= 15 is 0 Å². The van der Waals surface area contributed by atoms with Crippen molar-refractivity contribution in [3.05, 3.63) is 0 Å². The van der Waals surface area contributed by atoms with Crippen LogP contribution in [0.15, 0.2) is 0 Å². The van der Waals surface area contributed by atoms with Crippen LogP contribution in [0.25, 0.3) is 0 Å². The van der Waals surface area contributed by atoms with Crippen LogP contribution in [0.4, 0.5) is 4.79 Å². The summed E-state index contributed by atoms with van der Waals surface area (Å²) in [5.41, 5.74) is 0. The Morgan fingerprint density at radius 3 is 2.89 bits per heavy atom. The van der Waals surface area contributed by atoms with Gasteiger partial charge in [0, 0.05) is 19.6 Å². The average Bonchev–Trinajstić information content (AvgIpc) is 2.35. The first-order valence-corrected chi connectivity index (χ1v) is 6.42. The van der Waals surface area contributed by atoms with E-state index in [2.05, 4.69) is 10.6 Å². The highest BCUT2D eigenvalue weighted by molar-refractivity contribution is 5.74. The summed E-state index contributed by atoms with van der Waals surface area (Å²) >= 11 is 0. The molecule has 1 heterocycles. The minimum Gasteiger partial charge on any atom is -0.481 e. The maximum Gasteiger partial charge on any atom is 0.315 e. The van der Waals surface area contributed by atoms with Crippen LogP contribution in [0.1, 0.15) is 32.6 Å². The molecule has 1 rings (SSSR count). The predicted molar refractivity (Wildman–Crippen MR) is 66.4 cm³/mol. The molecule has 1 saturated heterocycles. The Kier molecular flexibility index (Phi) is 6.49. The van der Waals surface area contributed by atoms with Crippen LogP contribution < -0.4 is 10.6 Å². The molecule has 0 aliphatic carbocycles. The highest BCUT2D eigenvalue weighted by Crippen LogP contribution is 2.06. The molecule has 6 heteroatoms. The number of aliphatic carboxylic acids is 1. The molecule has 1 fully saturated rings. The lowest BCUT2D eigenvalue weighted by Gasteiger charge is -2.23. The van der Waals surface area contributed by atoms with Crippen molar-refractivity contribution in [3.8, 4) is 0 Å². The van der Waals surface area contributed by atoms with Crippen molar-refractivity contribution in [1.82, 2.24) is 10.6 Å². The number of hydrogen-bond donors (Lipinski definition) is 3. The van der Waals surface area contributed by atoms with Crippen LogP contribution in [0.3, 0.4) is 0 Å². The first kappa shape index (κ1) is 14.8. The first-order chi connectivity index (χ1) is 8.58. The Bertz CT molecular complexity index is 277. The number of carbonyl (C=O) groups is 2. The molecular weight excluding hydrogens is 236 g/mol. The Morgan fingerprint density at radius 2 is 2.28 bits per heavy atom. The number of amides is 2. The molecule has 6 nitrogen and oxygen atoms in total. The van der Waals surface area contributed by atoms with Gasteiger partial charge in [-0.3, -0.25) is 4.79 Å². The summed E-state index contributed by atoms with van der Waals surface area (Å²) in [7, 11) is 0. The fourth-order valence-corrected chi connectivity index (χ4v) is 1.83. The highest BCUT2D eigenvalue weighted by Gasteiger charge is 2.16. The van der Waals surface area contributed by atoms with Crippen molar-refractivity contribution >= 4 is 12.0 Å². The fraction of sp³-hybridized carbons (Fsp3) is 0.833. The van der Waals surface area contributed by atoms with Gasteiger partial charge in [0.25, 0.3) is 0 Å². The van der Waals surface area contributed by atoms with E-state index in [0.29, 0.717) is 19.6 Å². The number of carboxylic acid groups (broad SMARTS) is 1. The standard InChI is InChI=1S/C12H22N2O4/c1-9(4-5-11(15)16)7-13-12(17)14-10-3-2-6-18-8-10/h9-10H,2-8H2,1H3,(H,15,16)(H2,13,14,17). The van der Waals surface area contributed by atoms with Crippen molar-refractivity contribution in [2.24, 2.45) is 5.92 Å². The van der Waals surface area contributed by atoms with Crippen molar-refractivity contribution in [1.29, 1.82) is 0 Å². The quantitative estimate of drug-likeness (QED) is 0.662. The fourth-order valence-electron chi connectivity index (χ4n) is 1.83. The molecule has 0 aromatic heterocycles. The van der Waals surface area contributed by atoms with E-state index in [4.69, 9.17) is 9.84 Å². The molecule has 0 saturated carbocycles. The summed E-state index contributed by atoms with van der Waals surface area (Å²) in [5, 5.41) is 14.1. The predicted octanol–water partition coefficient (Wildman–Crippen LogP) is 0.965. The Morgan fingerprint density at radius 1 is 1.50 bits per heavy atom. The average molecular weight is 258 g/mol. The summed E-state index contributed by atoms with van der Waals surface area (Å²) in [6.45, 7) is 3.76. The van der Waals surface area contributed by atoms with Crippen molar-refractivity contribution in [2.45, 2.75) is 38.6 Å². The number of nitrogens with one attached hydrogen (secondary N) is 2. The van der Waals surface area contributed by atoms with E-state index in [1.165, 1.54) is 0 Å². The smallest absolute Gasteiger partial charge is 0.315 e. The van der Waals surface area contributed by atoms with E-state index < -0.39 is 5.97 Å². The lowest BCUT2D eigenvalue weighted by Crippen LogP contribution is -2.46. The summed E-state index contributed by atoms with van der Waals surface area (Å²) in [6, 6.07) is -0.110. The number of ether oxygens (including phenoxy) is 1. The topological polar surface area (TPSA) is 87.7 Å². The molecule has 2 unspecified atom stereocenters. The van der Waals surface area contributed by atoms with Crippen molar-refractivity contribution in [2.75, 3.05) is 19.8 Å². The molecule has 1 aliphatic heterocycles. The van der Waals surface area contributed by atoms with Crippen LogP contribution in [0.5, 0.6) is 0 Å². The normalized spacial score (nSPS) is 21.1. The number of carbonyl (C=O) groups excluding carboxylic acids is 1. The van der Waals surface area contributed by atoms with Crippen LogP contribution in [0.2, 0.25) is 0 Å². The zero-order chi connectivity index (χ0) is 13.4. The molecule has 0 aromatic rings. The molecule has 2 amide bonds. The van der Waals surface area contributed by atoms with Crippen molar-refractivity contribution < 1.29 is 19.4 Å². The molecule has 104 valence electrons. The van der Waals surface area contributed by atoms with E-state index in [-0.39, 0.29) is 24.4 Å². The van der Waals surface area contributed by atoms with Gasteiger partial charge >= 0.3 is 12.0 Å². The van der Waals surface area contributed by atoms with E-state index in [0.717, 1.165) is 19.4 Å². The van der Waals surface area contributed by atoms with Gasteiger partial charge in [0.15, 0.2) is 0 Å². The monoisotopic (exact) mass is 258 g/mol. The summed E-state index contributed by atoms with van der Waals surface area (Å²) < 4.78 is 5.27. The molecule has 0 spiro atoms. The Hall–Kier alpha value is -1.30. The third kappa shape index (κ3) is 6.44. The number of urea groups is 1. The molecule has 18 heavy (non-hydrogen) atoms. The van der Waals surface area contributed by atoms with E-state index in [9.17, 15) is 9.59 Å². The van der Waals surface area contributed by atoms with Crippen LogP contribution in [0, 0.1) is 5.92 Å². The maximum atomic E-state index is 11.6. The zero-order valence-corrected chi connectivity index (χ0v) is 10.8. The lowest BCUT2D eigenvalue weighted by molar-refractivity contribution is -0.137. The second kappa shape index (κ2) is 7.92. The van der Waals surface area contributed by atoms with Gasteiger partial charge in [0.1, 0.15) is 0 Å². The Balaban J connectivity index is 2.10. The van der Waals surface area contributed by atoms with Gasteiger partial charge in [-0.25, -0.2) is 4.79 Å². The molecule has 2 atom stereocenters. The summed E-state index contributed by atoms with van der Waals surface area (Å²) in [6.07, 6.45) is 2.63. The lowest BCUT2D eigenvalue weighted by atomic mass is 10.1. The van der Waals surface area contributed by atoms with Gasteiger partial charge in [-0.05, 0) is 25.2 Å². The molecule has 3 N–H and O–H groups in total. The third-order valence-corrected chi connectivity index (χ3v) is 2.96. The second-order valence-corrected chi connectivity index (χ2v) is 4.81. The largest absolute Gasteiger partial charge is 0.481 e. The van der Waals surface area contributed by atoms with Crippen molar-refractivity contribution in [3.63, 3.8) is 0 Å². The summed E-state index contributed by atoms with van der Waals surface area (Å²) in [5.74, 6) is -0.639. The van der Waals surface area contributed by atoms with Gasteiger partial charge < -0.3 is 20.5 Å². The molecule has 0 bridgehead atoms. The molecular formula is C12H22N2O4. The number of carboxylic acids is 1. The van der Waals surface area contributed by atoms with Gasteiger partial charge in [-0.2, -0.15) is 0 Å². The van der Waals surface area contributed by atoms with Crippen LogP contribution in [-0.2, 0) is 9.53 Å². The minimum absolute atomic E-state index is 0.0908. The molecule has 1 aliphatic rings. The van der Waals surface area contributed by atoms with E-state index in [1.54, 1.807) is 0 Å². The van der Waals surface area contributed by atoms with Crippen LogP contribution >= 0.6 is 0 Å².